The number of benzene rings is 5. The lowest BCUT2D eigenvalue weighted by molar-refractivity contribution is 0.306. The number of rotatable bonds is 5. The minimum atomic E-state index is -0.254. The molecule has 0 unspecified atom stereocenters. The van der Waals surface area contributed by atoms with E-state index < -0.39 is 0 Å². The van der Waals surface area contributed by atoms with Crippen molar-refractivity contribution in [2.24, 2.45) is 4.99 Å². The summed E-state index contributed by atoms with van der Waals surface area (Å²) in [7, 11) is 0. The predicted octanol–water partition coefficient (Wildman–Crippen LogP) is 7.70. The zero-order valence-electron chi connectivity index (χ0n) is 23.7. The van der Waals surface area contributed by atoms with Gasteiger partial charge in [-0.1, -0.05) is 120 Å². The molecule has 2 aliphatic rings. The second-order valence-corrected chi connectivity index (χ2v) is 12.6. The van der Waals surface area contributed by atoms with Crippen LogP contribution in [0.15, 0.2) is 131 Å². The summed E-state index contributed by atoms with van der Waals surface area (Å²) in [6.07, 6.45) is 3.74. The molecule has 6 heteroatoms. The number of allylic oxidation sites excluding steroid dienone is 1. The molecule has 214 valence electrons. The molecule has 6 aromatic rings. The lowest BCUT2D eigenvalue weighted by atomic mass is 9.83. The maximum Gasteiger partial charge on any atom is 0.271 e. The van der Waals surface area contributed by atoms with E-state index >= 15 is 0 Å². The van der Waals surface area contributed by atoms with Gasteiger partial charge in [0.2, 0.25) is 0 Å². The Morgan fingerprint density at radius 3 is 2.50 bits per heavy atom. The Hall–Kier alpha value is -4.71. The van der Waals surface area contributed by atoms with E-state index in [0.717, 1.165) is 57.3 Å². The maximum absolute atomic E-state index is 14.4. The molecule has 2 heterocycles. The average molecular weight is 611 g/mol. The van der Waals surface area contributed by atoms with Crippen molar-refractivity contribution in [1.82, 2.24) is 4.57 Å². The molecule has 0 amide bonds. The van der Waals surface area contributed by atoms with Crippen LogP contribution in [-0.4, -0.2) is 4.57 Å². The maximum atomic E-state index is 14.4. The van der Waals surface area contributed by atoms with Crippen LogP contribution in [0.5, 0.6) is 5.75 Å². The van der Waals surface area contributed by atoms with Gasteiger partial charge < -0.3 is 4.74 Å². The van der Waals surface area contributed by atoms with Gasteiger partial charge in [0.25, 0.3) is 5.56 Å². The molecule has 0 saturated heterocycles. The van der Waals surface area contributed by atoms with Crippen LogP contribution < -0.4 is 19.6 Å². The molecule has 0 fully saturated rings. The Bertz CT molecular complexity index is 2270. The predicted molar refractivity (Wildman–Crippen MR) is 179 cm³/mol. The lowest BCUT2D eigenvalue weighted by Gasteiger charge is -2.30. The van der Waals surface area contributed by atoms with Crippen molar-refractivity contribution in [2.75, 3.05) is 0 Å². The van der Waals surface area contributed by atoms with Crippen molar-refractivity contribution in [3.63, 3.8) is 0 Å². The Morgan fingerprint density at radius 1 is 0.864 bits per heavy atom. The third kappa shape index (κ3) is 4.69. The SMILES string of the molecule is O=c1/c(=C\c2c(OCc3ccccc3)ccc3ccccc23)sc2n1[C@@H](c1ccc(Cl)cc1)C1=C(N=2)c2ccccc2CC1. The summed E-state index contributed by atoms with van der Waals surface area (Å²) in [4.78, 5) is 20.3. The molecule has 0 radical (unpaired) electrons. The molecule has 1 aromatic heterocycles. The van der Waals surface area contributed by atoms with Crippen LogP contribution in [0.25, 0.3) is 22.5 Å². The molecule has 44 heavy (non-hydrogen) atoms. The van der Waals surface area contributed by atoms with E-state index in [1.54, 1.807) is 0 Å². The Labute approximate surface area is 263 Å². The fraction of sp³-hybridized carbons (Fsp3) is 0.105. The highest BCUT2D eigenvalue weighted by molar-refractivity contribution is 7.07. The Balaban J connectivity index is 1.33. The van der Waals surface area contributed by atoms with Crippen molar-refractivity contribution in [3.05, 3.63) is 173 Å². The summed E-state index contributed by atoms with van der Waals surface area (Å²) < 4.78 is 8.88. The second-order valence-electron chi connectivity index (χ2n) is 11.1. The summed E-state index contributed by atoms with van der Waals surface area (Å²) in [5.41, 5.74) is 7.54. The van der Waals surface area contributed by atoms with Crippen LogP contribution in [-0.2, 0) is 13.0 Å². The molecule has 0 bridgehead atoms. The highest BCUT2D eigenvalue weighted by Crippen LogP contribution is 2.41. The number of ether oxygens (including phenoxy) is 1. The van der Waals surface area contributed by atoms with Crippen LogP contribution in [0.3, 0.4) is 0 Å². The molecule has 1 aliphatic carbocycles. The van der Waals surface area contributed by atoms with Gasteiger partial charge in [0.05, 0.1) is 16.3 Å². The van der Waals surface area contributed by atoms with Gasteiger partial charge in [-0.15, -0.1) is 0 Å². The molecular formula is C38H27ClN2O2S. The second kappa shape index (κ2) is 11.1. The first kappa shape index (κ1) is 26.9. The summed E-state index contributed by atoms with van der Waals surface area (Å²) in [6.45, 7) is 0.434. The molecule has 4 nitrogen and oxygen atoms in total. The van der Waals surface area contributed by atoms with Gasteiger partial charge in [0, 0.05) is 16.1 Å². The number of fused-ring (bicyclic) bond motifs is 4. The number of halogens is 1. The van der Waals surface area contributed by atoms with Crippen LogP contribution in [0.4, 0.5) is 0 Å². The van der Waals surface area contributed by atoms with Gasteiger partial charge >= 0.3 is 0 Å². The Morgan fingerprint density at radius 2 is 1.64 bits per heavy atom. The van der Waals surface area contributed by atoms with Gasteiger partial charge in [-0.25, -0.2) is 4.99 Å². The Kier molecular flexibility index (Phi) is 6.78. The summed E-state index contributed by atoms with van der Waals surface area (Å²) in [6, 6.07) is 38.5. The first-order chi connectivity index (χ1) is 21.6. The van der Waals surface area contributed by atoms with Crippen LogP contribution >= 0.6 is 22.9 Å². The number of hydrogen-bond acceptors (Lipinski definition) is 4. The molecule has 5 aromatic carbocycles. The number of nitrogens with zero attached hydrogens (tertiary/aromatic N) is 2. The van der Waals surface area contributed by atoms with Crippen molar-refractivity contribution in [3.8, 4) is 5.75 Å². The third-order valence-electron chi connectivity index (χ3n) is 8.50. The molecule has 1 aliphatic heterocycles. The summed E-state index contributed by atoms with van der Waals surface area (Å²) in [5.74, 6) is 0.737. The molecular weight excluding hydrogens is 584 g/mol. The normalized spacial score (nSPS) is 15.8. The van der Waals surface area contributed by atoms with E-state index in [4.69, 9.17) is 21.3 Å². The monoisotopic (exact) mass is 610 g/mol. The fourth-order valence-corrected chi connectivity index (χ4v) is 7.49. The zero-order valence-corrected chi connectivity index (χ0v) is 25.3. The van der Waals surface area contributed by atoms with E-state index in [0.29, 0.717) is 21.0 Å². The average Bonchev–Trinajstić information content (AvgIpc) is 3.38. The minimum absolute atomic E-state index is 0.0546. The topological polar surface area (TPSA) is 43.6 Å². The van der Waals surface area contributed by atoms with Crippen LogP contribution in [0.2, 0.25) is 5.02 Å². The third-order valence-corrected chi connectivity index (χ3v) is 9.74. The number of aromatic nitrogens is 1. The van der Waals surface area contributed by atoms with E-state index in [1.807, 2.05) is 71.3 Å². The van der Waals surface area contributed by atoms with Crippen molar-refractivity contribution in [1.29, 1.82) is 0 Å². The lowest BCUT2D eigenvalue weighted by Crippen LogP contribution is -2.38. The van der Waals surface area contributed by atoms with Gasteiger partial charge in [-0.3, -0.25) is 9.36 Å². The first-order valence-corrected chi connectivity index (χ1v) is 15.9. The van der Waals surface area contributed by atoms with Crippen molar-refractivity contribution >= 4 is 45.5 Å². The standard InChI is InChI=1S/C38H27ClN2O2S/c39-28-18-14-27(15-19-28)36-31-20-16-26-11-5-7-13-30(26)35(31)40-38-41(36)37(42)34(44-38)22-32-29-12-6-4-10-25(29)17-21-33(32)43-23-24-8-2-1-3-9-24/h1-15,17-19,21-22,36H,16,20,23H2/b34-22+/t36-/m0/s1. The van der Waals surface area contributed by atoms with Crippen molar-refractivity contribution < 1.29 is 4.74 Å². The van der Waals surface area contributed by atoms with Crippen LogP contribution in [0.1, 0.15) is 40.3 Å². The van der Waals surface area contributed by atoms with E-state index in [-0.39, 0.29) is 11.6 Å². The minimum Gasteiger partial charge on any atom is -0.488 e. The number of aryl methyl sites for hydroxylation is 1. The molecule has 0 spiro atoms. The highest BCUT2D eigenvalue weighted by atomic mass is 35.5. The highest BCUT2D eigenvalue weighted by Gasteiger charge is 2.32. The van der Waals surface area contributed by atoms with Gasteiger partial charge in [-0.05, 0) is 70.2 Å². The van der Waals surface area contributed by atoms with E-state index in [2.05, 4.69) is 54.6 Å². The van der Waals surface area contributed by atoms with Gasteiger partial charge in [-0.2, -0.15) is 0 Å². The van der Waals surface area contributed by atoms with Crippen LogP contribution in [0, 0.1) is 0 Å². The van der Waals surface area contributed by atoms with E-state index in [1.165, 1.54) is 22.5 Å². The smallest absolute Gasteiger partial charge is 0.271 e. The molecule has 8 rings (SSSR count). The molecule has 0 N–H and O–H groups in total. The molecule has 0 saturated carbocycles. The van der Waals surface area contributed by atoms with Gasteiger partial charge in [0.15, 0.2) is 4.80 Å². The fourth-order valence-electron chi connectivity index (χ4n) is 6.38. The summed E-state index contributed by atoms with van der Waals surface area (Å²) in [5, 5.41) is 2.79. The first-order valence-electron chi connectivity index (χ1n) is 14.7. The van der Waals surface area contributed by atoms with Gasteiger partial charge in [0.1, 0.15) is 12.4 Å². The summed E-state index contributed by atoms with van der Waals surface area (Å²) >= 11 is 7.73. The zero-order chi connectivity index (χ0) is 29.6. The molecule has 1 atom stereocenters. The largest absolute Gasteiger partial charge is 0.488 e. The van der Waals surface area contributed by atoms with Crippen molar-refractivity contribution in [2.45, 2.75) is 25.5 Å². The number of thiazole rings is 1. The quantitative estimate of drug-likeness (QED) is 0.201. The number of hydrogen-bond donors (Lipinski definition) is 0. The van der Waals surface area contributed by atoms with E-state index in [9.17, 15) is 4.79 Å².